The first-order valence-corrected chi connectivity index (χ1v) is 8.07. The molecule has 0 saturated heterocycles. The van der Waals surface area contributed by atoms with Crippen LogP contribution in [0.15, 0.2) is 50.7 Å². The van der Waals surface area contributed by atoms with E-state index in [2.05, 4.69) is 15.4 Å². The van der Waals surface area contributed by atoms with Crippen molar-refractivity contribution in [2.45, 2.75) is 13.0 Å². The van der Waals surface area contributed by atoms with Gasteiger partial charge in [0.05, 0.1) is 0 Å². The van der Waals surface area contributed by atoms with E-state index in [4.69, 9.17) is 26.6 Å². The topological polar surface area (TPSA) is 86.5 Å². The van der Waals surface area contributed by atoms with Gasteiger partial charge in [0.1, 0.15) is 0 Å². The molecule has 0 aliphatic carbocycles. The summed E-state index contributed by atoms with van der Waals surface area (Å²) in [7, 11) is 0. The average Bonchev–Trinajstić information content (AvgIpc) is 3.23. The molecule has 0 aliphatic rings. The van der Waals surface area contributed by atoms with E-state index < -0.39 is 6.10 Å². The number of thiophene rings is 1. The summed E-state index contributed by atoms with van der Waals surface area (Å²) in [6, 6.07) is 9.03. The number of rotatable bonds is 5. The van der Waals surface area contributed by atoms with Gasteiger partial charge in [0, 0.05) is 21.5 Å². The minimum absolute atomic E-state index is 0.299. The van der Waals surface area contributed by atoms with Crippen LogP contribution in [-0.4, -0.2) is 16.0 Å². The largest absolute Gasteiger partial charge is 0.417 e. The van der Waals surface area contributed by atoms with Gasteiger partial charge >= 0.3 is 0 Å². The molecule has 0 unspecified atom stereocenters. The number of benzene rings is 1. The first-order valence-electron chi connectivity index (χ1n) is 6.74. The molecule has 23 heavy (non-hydrogen) atoms. The van der Waals surface area contributed by atoms with E-state index in [9.17, 15) is 0 Å². The van der Waals surface area contributed by atoms with Gasteiger partial charge in [0.2, 0.25) is 12.0 Å². The minimum atomic E-state index is -0.521. The molecule has 0 radical (unpaired) electrons. The Labute approximate surface area is 141 Å². The fourth-order valence-electron chi connectivity index (χ4n) is 1.78. The molecule has 6 nitrogen and oxygen atoms in total. The van der Waals surface area contributed by atoms with E-state index in [1.807, 2.05) is 29.0 Å². The van der Waals surface area contributed by atoms with Crippen molar-refractivity contribution in [3.05, 3.63) is 57.6 Å². The standard InChI is InChI=1S/C15H13ClN4O2S/c1-9(22-20-13(17)11-5-6-23-8-11)14-18-19-15(21-14)10-3-2-4-12(16)7-10/h2-9H,1H3,(H2,17,20)/t9-/m1/s1. The predicted molar refractivity (Wildman–Crippen MR) is 89.3 cm³/mol. The highest BCUT2D eigenvalue weighted by molar-refractivity contribution is 7.08. The lowest BCUT2D eigenvalue weighted by molar-refractivity contribution is 0.0527. The molecule has 3 rings (SSSR count). The van der Waals surface area contributed by atoms with Crippen molar-refractivity contribution < 1.29 is 9.25 Å². The predicted octanol–water partition coefficient (Wildman–Crippen LogP) is 3.85. The number of amidine groups is 1. The molecule has 0 saturated carbocycles. The molecule has 3 aromatic rings. The van der Waals surface area contributed by atoms with E-state index in [-0.39, 0.29) is 0 Å². The normalized spacial score (nSPS) is 13.0. The molecule has 1 atom stereocenters. The second kappa shape index (κ2) is 6.80. The zero-order valence-electron chi connectivity index (χ0n) is 12.1. The Bertz CT molecular complexity index is 817. The fourth-order valence-corrected chi connectivity index (χ4v) is 2.62. The summed E-state index contributed by atoms with van der Waals surface area (Å²) < 4.78 is 5.60. The van der Waals surface area contributed by atoms with Crippen LogP contribution in [0, 0.1) is 0 Å². The maximum atomic E-state index is 5.95. The van der Waals surface area contributed by atoms with Crippen molar-refractivity contribution in [2.75, 3.05) is 0 Å². The van der Waals surface area contributed by atoms with Gasteiger partial charge in [0.15, 0.2) is 5.84 Å². The van der Waals surface area contributed by atoms with Crippen molar-refractivity contribution in [2.24, 2.45) is 10.9 Å². The summed E-state index contributed by atoms with van der Waals surface area (Å²) in [5.74, 6) is 0.974. The van der Waals surface area contributed by atoms with Gasteiger partial charge in [-0.25, -0.2) is 0 Å². The van der Waals surface area contributed by atoms with Crippen molar-refractivity contribution in [3.63, 3.8) is 0 Å². The Balaban J connectivity index is 1.71. The van der Waals surface area contributed by atoms with E-state index in [1.165, 1.54) is 11.3 Å². The third-order valence-corrected chi connectivity index (χ3v) is 3.90. The van der Waals surface area contributed by atoms with Crippen LogP contribution in [0.1, 0.15) is 24.5 Å². The number of halogens is 1. The summed E-state index contributed by atoms with van der Waals surface area (Å²) in [6.45, 7) is 1.75. The van der Waals surface area contributed by atoms with Crippen LogP contribution >= 0.6 is 22.9 Å². The summed E-state index contributed by atoms with van der Waals surface area (Å²) in [5.41, 5.74) is 7.38. The number of hydrogen-bond donors (Lipinski definition) is 1. The van der Waals surface area contributed by atoms with Crippen LogP contribution in [0.5, 0.6) is 0 Å². The van der Waals surface area contributed by atoms with Gasteiger partial charge in [-0.3, -0.25) is 0 Å². The molecule has 0 spiro atoms. The zero-order valence-corrected chi connectivity index (χ0v) is 13.7. The maximum Gasteiger partial charge on any atom is 0.259 e. The van der Waals surface area contributed by atoms with Crippen molar-refractivity contribution in [1.29, 1.82) is 0 Å². The Kier molecular flexibility index (Phi) is 4.59. The van der Waals surface area contributed by atoms with E-state index in [0.29, 0.717) is 22.6 Å². The second-order valence-electron chi connectivity index (χ2n) is 4.69. The third kappa shape index (κ3) is 3.69. The Morgan fingerprint density at radius 1 is 1.39 bits per heavy atom. The molecule has 0 amide bonds. The first-order chi connectivity index (χ1) is 11.1. The van der Waals surface area contributed by atoms with Crippen LogP contribution in [0.2, 0.25) is 5.02 Å². The molecule has 2 heterocycles. The second-order valence-corrected chi connectivity index (χ2v) is 5.91. The molecular weight excluding hydrogens is 336 g/mol. The number of aromatic nitrogens is 2. The lowest BCUT2D eigenvalue weighted by Gasteiger charge is -2.05. The zero-order chi connectivity index (χ0) is 16.2. The third-order valence-electron chi connectivity index (χ3n) is 2.99. The number of nitrogens with zero attached hydrogens (tertiary/aromatic N) is 3. The van der Waals surface area contributed by atoms with Gasteiger partial charge in [0.25, 0.3) is 5.89 Å². The van der Waals surface area contributed by atoms with Crippen LogP contribution < -0.4 is 5.73 Å². The average molecular weight is 349 g/mol. The maximum absolute atomic E-state index is 5.95. The lowest BCUT2D eigenvalue weighted by atomic mass is 10.2. The number of hydrogen-bond acceptors (Lipinski definition) is 6. The fraction of sp³-hybridized carbons (Fsp3) is 0.133. The summed E-state index contributed by atoms with van der Waals surface area (Å²) >= 11 is 7.48. The number of nitrogens with two attached hydrogens (primary N) is 1. The monoisotopic (exact) mass is 348 g/mol. The molecule has 2 aromatic heterocycles. The highest BCUT2D eigenvalue weighted by Gasteiger charge is 2.16. The molecule has 2 N–H and O–H groups in total. The molecule has 0 bridgehead atoms. The molecule has 0 fully saturated rings. The smallest absolute Gasteiger partial charge is 0.259 e. The highest BCUT2D eigenvalue weighted by Crippen LogP contribution is 2.24. The van der Waals surface area contributed by atoms with Crippen molar-refractivity contribution >= 4 is 28.8 Å². The van der Waals surface area contributed by atoms with Gasteiger partial charge in [-0.15, -0.1) is 10.2 Å². The highest BCUT2D eigenvalue weighted by atomic mass is 35.5. The van der Waals surface area contributed by atoms with Gasteiger partial charge < -0.3 is 15.0 Å². The first kappa shape index (κ1) is 15.5. The van der Waals surface area contributed by atoms with E-state index >= 15 is 0 Å². The molecule has 0 aliphatic heterocycles. The van der Waals surface area contributed by atoms with Crippen LogP contribution in [0.25, 0.3) is 11.5 Å². The summed E-state index contributed by atoms with van der Waals surface area (Å²) in [6.07, 6.45) is -0.521. The Morgan fingerprint density at radius 3 is 3.00 bits per heavy atom. The molecule has 1 aromatic carbocycles. The lowest BCUT2D eigenvalue weighted by Crippen LogP contribution is -2.13. The van der Waals surface area contributed by atoms with E-state index in [1.54, 1.807) is 19.1 Å². The van der Waals surface area contributed by atoms with Gasteiger partial charge in [-0.2, -0.15) is 11.3 Å². The summed E-state index contributed by atoms with van der Waals surface area (Å²) in [4.78, 5) is 5.33. The molecule has 8 heteroatoms. The summed E-state index contributed by atoms with van der Waals surface area (Å²) in [5, 5.41) is 16.2. The van der Waals surface area contributed by atoms with Crippen molar-refractivity contribution in [3.8, 4) is 11.5 Å². The SMILES string of the molecule is C[C@@H](O/N=C(\N)c1ccsc1)c1nnc(-c2cccc(Cl)c2)o1. The van der Waals surface area contributed by atoms with E-state index in [0.717, 1.165) is 11.1 Å². The van der Waals surface area contributed by atoms with Crippen molar-refractivity contribution in [1.82, 2.24) is 10.2 Å². The van der Waals surface area contributed by atoms with Gasteiger partial charge in [-0.1, -0.05) is 22.8 Å². The quantitative estimate of drug-likeness (QED) is 0.430. The minimum Gasteiger partial charge on any atom is -0.417 e. The Hall–Kier alpha value is -2.38. The van der Waals surface area contributed by atoms with Crippen LogP contribution in [-0.2, 0) is 4.84 Å². The Morgan fingerprint density at radius 2 is 2.26 bits per heavy atom. The van der Waals surface area contributed by atoms with Crippen LogP contribution in [0.4, 0.5) is 0 Å². The molecular formula is C15H13ClN4O2S. The van der Waals surface area contributed by atoms with Gasteiger partial charge in [-0.05, 0) is 36.6 Å². The number of oxime groups is 1. The van der Waals surface area contributed by atoms with Crippen LogP contribution in [0.3, 0.4) is 0 Å². The molecule has 118 valence electrons.